The Balaban J connectivity index is 2.10. The summed E-state index contributed by atoms with van der Waals surface area (Å²) in [6.07, 6.45) is 1.99. The average molecular weight is 251 g/mol. The number of anilines is 1. The maximum Gasteiger partial charge on any atom is 0.346 e. The molecule has 2 N–H and O–H groups in total. The van der Waals surface area contributed by atoms with Crippen molar-refractivity contribution in [1.29, 1.82) is 0 Å². The summed E-state index contributed by atoms with van der Waals surface area (Å²) in [6, 6.07) is 0. The normalized spacial score (nSPS) is 10.6. The molecule has 9 heteroatoms. The molecule has 0 saturated heterocycles. The van der Waals surface area contributed by atoms with Crippen LogP contribution in [0.4, 0.5) is 5.82 Å². The SMILES string of the molecule is Cn1nc(NCCc2ncn[nH]2)c(=O)n(C)c1=O. The van der Waals surface area contributed by atoms with Crippen molar-refractivity contribution in [2.24, 2.45) is 14.1 Å². The number of hydrogen-bond donors (Lipinski definition) is 2. The number of rotatable bonds is 4. The molecule has 9 nitrogen and oxygen atoms in total. The van der Waals surface area contributed by atoms with E-state index in [1.54, 1.807) is 0 Å². The van der Waals surface area contributed by atoms with E-state index in [1.165, 1.54) is 20.4 Å². The van der Waals surface area contributed by atoms with Gasteiger partial charge >= 0.3 is 5.69 Å². The molecule has 0 amide bonds. The van der Waals surface area contributed by atoms with E-state index in [4.69, 9.17) is 0 Å². The molecule has 2 aromatic rings. The third-order valence-electron chi connectivity index (χ3n) is 2.44. The van der Waals surface area contributed by atoms with Crippen LogP contribution in [0.15, 0.2) is 15.9 Å². The highest BCUT2D eigenvalue weighted by molar-refractivity contribution is 5.29. The summed E-state index contributed by atoms with van der Waals surface area (Å²) in [5.74, 6) is 0.850. The second-order valence-corrected chi connectivity index (χ2v) is 3.73. The van der Waals surface area contributed by atoms with Gasteiger partial charge < -0.3 is 5.32 Å². The molecule has 0 aromatic carbocycles. The van der Waals surface area contributed by atoms with Crippen LogP contribution in [-0.4, -0.2) is 36.1 Å². The Kier molecular flexibility index (Phi) is 3.22. The van der Waals surface area contributed by atoms with Crippen LogP contribution < -0.4 is 16.6 Å². The van der Waals surface area contributed by atoms with Gasteiger partial charge in [-0.15, -0.1) is 5.10 Å². The molecule has 0 aliphatic carbocycles. The minimum Gasteiger partial charge on any atom is -0.364 e. The van der Waals surface area contributed by atoms with E-state index in [0.29, 0.717) is 18.8 Å². The monoisotopic (exact) mass is 251 g/mol. The first-order chi connectivity index (χ1) is 8.59. The predicted octanol–water partition coefficient (Wildman–Crippen LogP) is -1.75. The van der Waals surface area contributed by atoms with Gasteiger partial charge in [-0.1, -0.05) is 0 Å². The molecule has 18 heavy (non-hydrogen) atoms. The van der Waals surface area contributed by atoms with Crippen molar-refractivity contribution >= 4 is 5.82 Å². The van der Waals surface area contributed by atoms with Crippen molar-refractivity contribution in [2.75, 3.05) is 11.9 Å². The van der Waals surface area contributed by atoms with Crippen molar-refractivity contribution in [3.05, 3.63) is 33.0 Å². The van der Waals surface area contributed by atoms with Gasteiger partial charge in [-0.25, -0.2) is 14.5 Å². The smallest absolute Gasteiger partial charge is 0.346 e. The van der Waals surface area contributed by atoms with Crippen molar-refractivity contribution in [2.45, 2.75) is 6.42 Å². The Labute approximate surface area is 101 Å². The molecule has 0 radical (unpaired) electrons. The van der Waals surface area contributed by atoms with Gasteiger partial charge in [0.05, 0.1) is 0 Å². The first kappa shape index (κ1) is 12.0. The Hall–Kier alpha value is -2.45. The van der Waals surface area contributed by atoms with Crippen molar-refractivity contribution in [3.8, 4) is 0 Å². The number of aromatic amines is 1. The molecule has 0 aliphatic heterocycles. The number of H-pyrrole nitrogens is 1. The van der Waals surface area contributed by atoms with E-state index in [1.807, 2.05) is 0 Å². The minimum atomic E-state index is -0.458. The number of nitrogens with zero attached hydrogens (tertiary/aromatic N) is 5. The Bertz CT molecular complexity index is 640. The second kappa shape index (κ2) is 4.82. The summed E-state index contributed by atoms with van der Waals surface area (Å²) in [4.78, 5) is 27.1. The molecule has 2 aromatic heterocycles. The molecule has 0 atom stereocenters. The van der Waals surface area contributed by atoms with Crippen molar-refractivity contribution < 1.29 is 0 Å². The summed E-state index contributed by atoms with van der Waals surface area (Å²) in [7, 11) is 2.90. The third-order valence-corrected chi connectivity index (χ3v) is 2.44. The molecule has 0 bridgehead atoms. The fourth-order valence-corrected chi connectivity index (χ4v) is 1.46. The van der Waals surface area contributed by atoms with Crippen LogP contribution in [0.1, 0.15) is 5.82 Å². The zero-order valence-corrected chi connectivity index (χ0v) is 10.0. The summed E-state index contributed by atoms with van der Waals surface area (Å²) in [5.41, 5.74) is -0.906. The largest absolute Gasteiger partial charge is 0.364 e. The number of nitrogens with one attached hydrogen (secondary N) is 2. The highest BCUT2D eigenvalue weighted by atomic mass is 16.2. The van der Waals surface area contributed by atoms with Gasteiger partial charge in [0.2, 0.25) is 5.82 Å². The highest BCUT2D eigenvalue weighted by Gasteiger charge is 2.07. The lowest BCUT2D eigenvalue weighted by Crippen LogP contribution is -2.40. The Morgan fingerprint density at radius 1 is 1.39 bits per heavy atom. The summed E-state index contributed by atoms with van der Waals surface area (Å²) in [5, 5.41) is 13.2. The van der Waals surface area contributed by atoms with Gasteiger partial charge in [0.25, 0.3) is 5.56 Å². The molecule has 0 aliphatic rings. The maximum atomic E-state index is 11.7. The van der Waals surface area contributed by atoms with Crippen molar-refractivity contribution in [1.82, 2.24) is 29.5 Å². The van der Waals surface area contributed by atoms with E-state index in [9.17, 15) is 9.59 Å². The lowest BCUT2D eigenvalue weighted by molar-refractivity contribution is 0.604. The van der Waals surface area contributed by atoms with Gasteiger partial charge in [0, 0.05) is 27.1 Å². The minimum absolute atomic E-state index is 0.138. The number of aryl methyl sites for hydroxylation is 1. The topological polar surface area (TPSA) is 110 Å². The molecule has 0 fully saturated rings. The lowest BCUT2D eigenvalue weighted by atomic mass is 10.4. The van der Waals surface area contributed by atoms with Crippen LogP contribution in [0.5, 0.6) is 0 Å². The molecule has 0 saturated carbocycles. The Morgan fingerprint density at radius 3 is 2.83 bits per heavy atom. The zero-order valence-electron chi connectivity index (χ0n) is 10.0. The van der Waals surface area contributed by atoms with Crippen LogP contribution >= 0.6 is 0 Å². The molecular weight excluding hydrogens is 238 g/mol. The maximum absolute atomic E-state index is 11.7. The average Bonchev–Trinajstić information content (AvgIpc) is 2.86. The summed E-state index contributed by atoms with van der Waals surface area (Å²) in [6.45, 7) is 0.468. The zero-order chi connectivity index (χ0) is 13.1. The Morgan fingerprint density at radius 2 is 2.17 bits per heavy atom. The van der Waals surface area contributed by atoms with E-state index >= 15 is 0 Å². The van der Waals surface area contributed by atoms with Crippen LogP contribution in [0.3, 0.4) is 0 Å². The number of aromatic nitrogens is 6. The van der Waals surface area contributed by atoms with E-state index in [2.05, 4.69) is 25.6 Å². The summed E-state index contributed by atoms with van der Waals surface area (Å²) >= 11 is 0. The third kappa shape index (κ3) is 2.29. The highest BCUT2D eigenvalue weighted by Crippen LogP contribution is 1.92. The van der Waals surface area contributed by atoms with E-state index < -0.39 is 11.2 Å². The molecule has 2 rings (SSSR count). The fraction of sp³-hybridized carbons (Fsp3) is 0.444. The molecular formula is C9H13N7O2. The second-order valence-electron chi connectivity index (χ2n) is 3.73. The van der Waals surface area contributed by atoms with Crippen LogP contribution in [0.25, 0.3) is 0 Å². The molecule has 0 unspecified atom stereocenters. The fourth-order valence-electron chi connectivity index (χ4n) is 1.46. The lowest BCUT2D eigenvalue weighted by Gasteiger charge is -2.06. The van der Waals surface area contributed by atoms with Gasteiger partial charge in [0.15, 0.2) is 0 Å². The molecule has 0 spiro atoms. The van der Waals surface area contributed by atoms with Crippen molar-refractivity contribution in [3.63, 3.8) is 0 Å². The van der Waals surface area contributed by atoms with Gasteiger partial charge in [-0.05, 0) is 0 Å². The van der Waals surface area contributed by atoms with E-state index in [-0.39, 0.29) is 5.82 Å². The quantitative estimate of drug-likeness (QED) is 0.666. The molecule has 96 valence electrons. The van der Waals surface area contributed by atoms with Crippen LogP contribution in [0.2, 0.25) is 0 Å². The summed E-state index contributed by atoms with van der Waals surface area (Å²) < 4.78 is 2.11. The number of hydrogen-bond acceptors (Lipinski definition) is 6. The van der Waals surface area contributed by atoms with E-state index in [0.717, 1.165) is 9.25 Å². The first-order valence-corrected chi connectivity index (χ1v) is 5.32. The standard InChI is InChI=1S/C9H13N7O2/c1-15-8(17)7(14-16(2)9(15)18)10-4-3-6-11-5-12-13-6/h5H,3-4H2,1-2H3,(H,10,14)(H,11,12,13). The van der Waals surface area contributed by atoms with Crippen LogP contribution in [0, 0.1) is 0 Å². The van der Waals surface area contributed by atoms with Gasteiger partial charge in [-0.2, -0.15) is 5.10 Å². The van der Waals surface area contributed by atoms with Gasteiger partial charge in [-0.3, -0.25) is 14.5 Å². The first-order valence-electron chi connectivity index (χ1n) is 5.32. The predicted molar refractivity (Wildman–Crippen MR) is 63.3 cm³/mol. The van der Waals surface area contributed by atoms with Gasteiger partial charge in [0.1, 0.15) is 12.2 Å². The molecule has 2 heterocycles. The van der Waals surface area contributed by atoms with Crippen LogP contribution in [-0.2, 0) is 20.5 Å².